The Hall–Kier alpha value is -2.26. The summed E-state index contributed by atoms with van der Waals surface area (Å²) >= 11 is 0. The molecule has 3 nitrogen and oxygen atoms in total. The van der Waals surface area contributed by atoms with Crippen molar-refractivity contribution in [3.8, 4) is 0 Å². The molecule has 3 heteroatoms. The van der Waals surface area contributed by atoms with Crippen LogP contribution in [0, 0.1) is 0 Å². The summed E-state index contributed by atoms with van der Waals surface area (Å²) in [6.07, 6.45) is 6.97. The first-order chi connectivity index (χ1) is 9.31. The minimum Gasteiger partial charge on any atom is -0.372 e. The number of hydrogen-bond donors (Lipinski definition) is 0. The zero-order valence-electron chi connectivity index (χ0n) is 10.7. The highest BCUT2D eigenvalue weighted by molar-refractivity contribution is 5.43. The minimum atomic E-state index is 0.551. The molecule has 0 atom stereocenters. The molecular weight excluding hydrogens is 236 g/mol. The molecule has 2 aromatic heterocycles. The highest BCUT2D eigenvalue weighted by Gasteiger charge is 1.98. The smallest absolute Gasteiger partial charge is 0.0722 e. The lowest BCUT2D eigenvalue weighted by Gasteiger charge is -2.05. The fraction of sp³-hybridized carbons (Fsp3) is 0.125. The number of ether oxygens (including phenoxy) is 1. The standard InChI is InChI=1S/C16H16N2O/c1-3-15-9-13(5-7-17-15)11-19-12-14-6-8-18-16(4-2)10-14/h3-10H,1-2,11-12H2. The highest BCUT2D eigenvalue weighted by Crippen LogP contribution is 2.08. The van der Waals surface area contributed by atoms with E-state index in [1.807, 2.05) is 24.3 Å². The Morgan fingerprint density at radius 1 is 0.895 bits per heavy atom. The lowest BCUT2D eigenvalue weighted by atomic mass is 10.2. The predicted molar refractivity (Wildman–Crippen MR) is 77.1 cm³/mol. The summed E-state index contributed by atoms with van der Waals surface area (Å²) in [5.74, 6) is 0. The van der Waals surface area contributed by atoms with E-state index in [9.17, 15) is 0 Å². The van der Waals surface area contributed by atoms with Crippen LogP contribution < -0.4 is 0 Å². The molecule has 0 amide bonds. The summed E-state index contributed by atoms with van der Waals surface area (Å²) in [6.45, 7) is 8.50. The van der Waals surface area contributed by atoms with Crippen molar-refractivity contribution in [1.29, 1.82) is 0 Å². The average molecular weight is 252 g/mol. The second-order valence-corrected chi connectivity index (χ2v) is 4.08. The number of rotatable bonds is 6. The molecule has 0 saturated carbocycles. The van der Waals surface area contributed by atoms with E-state index in [-0.39, 0.29) is 0 Å². The fourth-order valence-corrected chi connectivity index (χ4v) is 1.68. The van der Waals surface area contributed by atoms with Gasteiger partial charge in [0.05, 0.1) is 24.6 Å². The van der Waals surface area contributed by atoms with Crippen LogP contribution in [-0.4, -0.2) is 9.97 Å². The Kier molecular flexibility index (Phi) is 4.59. The van der Waals surface area contributed by atoms with Gasteiger partial charge in [0.1, 0.15) is 0 Å². The first kappa shape index (κ1) is 13.2. The Labute approximate surface area is 113 Å². The van der Waals surface area contributed by atoms with Crippen molar-refractivity contribution in [1.82, 2.24) is 9.97 Å². The summed E-state index contributed by atoms with van der Waals surface area (Å²) in [6, 6.07) is 7.81. The van der Waals surface area contributed by atoms with Crippen LogP contribution >= 0.6 is 0 Å². The van der Waals surface area contributed by atoms with Crippen LogP contribution in [0.15, 0.2) is 49.8 Å². The summed E-state index contributed by atoms with van der Waals surface area (Å²) in [5.41, 5.74) is 3.89. The van der Waals surface area contributed by atoms with Crippen LogP contribution in [0.4, 0.5) is 0 Å². The predicted octanol–water partition coefficient (Wildman–Crippen LogP) is 3.48. The van der Waals surface area contributed by atoms with Crippen LogP contribution in [0.1, 0.15) is 22.5 Å². The molecule has 0 spiro atoms. The number of nitrogens with zero attached hydrogens (tertiary/aromatic N) is 2. The van der Waals surface area contributed by atoms with Crippen molar-refractivity contribution in [2.24, 2.45) is 0 Å². The first-order valence-electron chi connectivity index (χ1n) is 6.04. The molecule has 0 aliphatic heterocycles. The molecular formula is C16H16N2O. The summed E-state index contributed by atoms with van der Waals surface area (Å²) in [4.78, 5) is 8.31. The maximum Gasteiger partial charge on any atom is 0.0722 e. The molecule has 19 heavy (non-hydrogen) atoms. The zero-order valence-corrected chi connectivity index (χ0v) is 10.7. The van der Waals surface area contributed by atoms with Gasteiger partial charge < -0.3 is 4.74 Å². The molecule has 0 N–H and O–H groups in total. The van der Waals surface area contributed by atoms with Crippen molar-refractivity contribution in [2.45, 2.75) is 13.2 Å². The van der Waals surface area contributed by atoms with Gasteiger partial charge in [-0.05, 0) is 47.5 Å². The Morgan fingerprint density at radius 3 is 1.79 bits per heavy atom. The van der Waals surface area contributed by atoms with Crippen molar-refractivity contribution in [2.75, 3.05) is 0 Å². The van der Waals surface area contributed by atoms with E-state index >= 15 is 0 Å². The van der Waals surface area contributed by atoms with Crippen molar-refractivity contribution in [3.05, 3.63) is 72.3 Å². The van der Waals surface area contributed by atoms with Crippen LogP contribution in [0.2, 0.25) is 0 Å². The van der Waals surface area contributed by atoms with Crippen LogP contribution in [0.3, 0.4) is 0 Å². The summed E-state index contributed by atoms with van der Waals surface area (Å²) in [7, 11) is 0. The maximum absolute atomic E-state index is 5.68. The summed E-state index contributed by atoms with van der Waals surface area (Å²) < 4.78 is 5.68. The van der Waals surface area contributed by atoms with Crippen molar-refractivity contribution in [3.63, 3.8) is 0 Å². The van der Waals surface area contributed by atoms with Gasteiger partial charge in [0, 0.05) is 12.4 Å². The maximum atomic E-state index is 5.68. The first-order valence-corrected chi connectivity index (χ1v) is 6.04. The molecule has 0 aliphatic carbocycles. The molecule has 0 bridgehead atoms. The molecule has 96 valence electrons. The van der Waals surface area contributed by atoms with Gasteiger partial charge in [-0.1, -0.05) is 13.2 Å². The van der Waals surface area contributed by atoms with Gasteiger partial charge in [-0.25, -0.2) is 0 Å². The summed E-state index contributed by atoms with van der Waals surface area (Å²) in [5, 5.41) is 0. The monoisotopic (exact) mass is 252 g/mol. The van der Waals surface area contributed by atoms with E-state index in [0.717, 1.165) is 22.5 Å². The third-order valence-electron chi connectivity index (χ3n) is 2.65. The van der Waals surface area contributed by atoms with E-state index < -0.39 is 0 Å². The third kappa shape index (κ3) is 3.86. The van der Waals surface area contributed by atoms with Gasteiger partial charge >= 0.3 is 0 Å². The molecule has 2 heterocycles. The third-order valence-corrected chi connectivity index (χ3v) is 2.65. The van der Waals surface area contributed by atoms with Crippen LogP contribution in [0.25, 0.3) is 12.2 Å². The van der Waals surface area contributed by atoms with Gasteiger partial charge in [0.25, 0.3) is 0 Å². The van der Waals surface area contributed by atoms with E-state index in [2.05, 4.69) is 23.1 Å². The molecule has 0 saturated heterocycles. The SMILES string of the molecule is C=Cc1cc(COCc2ccnc(C=C)c2)ccn1. The zero-order chi connectivity index (χ0) is 13.5. The number of aromatic nitrogens is 2. The lowest BCUT2D eigenvalue weighted by Crippen LogP contribution is -1.96. The normalized spacial score (nSPS) is 10.1. The van der Waals surface area contributed by atoms with Gasteiger partial charge in [-0.3, -0.25) is 9.97 Å². The number of hydrogen-bond acceptors (Lipinski definition) is 3. The second-order valence-electron chi connectivity index (χ2n) is 4.08. The average Bonchev–Trinajstić information content (AvgIpc) is 2.48. The topological polar surface area (TPSA) is 35.0 Å². The molecule has 0 fully saturated rings. The molecule has 0 unspecified atom stereocenters. The highest BCUT2D eigenvalue weighted by atomic mass is 16.5. The van der Waals surface area contributed by atoms with E-state index in [4.69, 9.17) is 4.74 Å². The van der Waals surface area contributed by atoms with E-state index in [1.165, 1.54) is 0 Å². The van der Waals surface area contributed by atoms with Crippen molar-refractivity contribution >= 4 is 12.2 Å². The molecule has 0 aromatic carbocycles. The van der Waals surface area contributed by atoms with E-state index in [1.54, 1.807) is 24.5 Å². The van der Waals surface area contributed by atoms with Crippen molar-refractivity contribution < 1.29 is 4.74 Å². The van der Waals surface area contributed by atoms with Gasteiger partial charge in [0.2, 0.25) is 0 Å². The minimum absolute atomic E-state index is 0.551. The van der Waals surface area contributed by atoms with Crippen LogP contribution in [-0.2, 0) is 18.0 Å². The second kappa shape index (κ2) is 6.61. The molecule has 2 aromatic rings. The Bertz CT molecular complexity index is 527. The largest absolute Gasteiger partial charge is 0.372 e. The molecule has 0 aliphatic rings. The number of pyridine rings is 2. The van der Waals surface area contributed by atoms with Crippen LogP contribution in [0.5, 0.6) is 0 Å². The van der Waals surface area contributed by atoms with Gasteiger partial charge in [-0.2, -0.15) is 0 Å². The quantitative estimate of drug-likeness (QED) is 0.789. The Balaban J connectivity index is 1.92. The van der Waals surface area contributed by atoms with E-state index in [0.29, 0.717) is 13.2 Å². The van der Waals surface area contributed by atoms with Gasteiger partial charge in [0.15, 0.2) is 0 Å². The Morgan fingerprint density at radius 2 is 1.37 bits per heavy atom. The van der Waals surface area contributed by atoms with Gasteiger partial charge in [-0.15, -0.1) is 0 Å². The fourth-order valence-electron chi connectivity index (χ4n) is 1.68. The molecule has 0 radical (unpaired) electrons. The molecule has 2 rings (SSSR count). The lowest BCUT2D eigenvalue weighted by molar-refractivity contribution is 0.107.